The number of amides is 1. The number of aryl methyl sites for hydroxylation is 1. The van der Waals surface area contributed by atoms with Crippen molar-refractivity contribution in [3.05, 3.63) is 47.6 Å². The summed E-state index contributed by atoms with van der Waals surface area (Å²) in [6.45, 7) is 1.37. The molecule has 1 aromatic carbocycles. The first-order valence-corrected chi connectivity index (χ1v) is 6.97. The standard InChI is InChI=1S/C15H17N3O5/c1-10-16-14(23-18-10)9-22-8-13(19)17-12(15(20)21)7-11-5-3-2-4-6-11/h2-6,12H,7-9H2,1H3,(H,17,19)(H,20,21)/t12-/m0/s1. The number of hydrogen-bond acceptors (Lipinski definition) is 6. The Balaban J connectivity index is 1.79. The Labute approximate surface area is 132 Å². The van der Waals surface area contributed by atoms with Crippen LogP contribution < -0.4 is 5.32 Å². The van der Waals surface area contributed by atoms with Crippen LogP contribution in [0.2, 0.25) is 0 Å². The molecule has 23 heavy (non-hydrogen) atoms. The number of carboxylic acid groups (broad SMARTS) is 1. The van der Waals surface area contributed by atoms with Crippen molar-refractivity contribution in [1.82, 2.24) is 15.5 Å². The zero-order chi connectivity index (χ0) is 16.7. The van der Waals surface area contributed by atoms with Gasteiger partial charge in [0.2, 0.25) is 5.91 Å². The van der Waals surface area contributed by atoms with E-state index in [0.717, 1.165) is 5.56 Å². The molecule has 1 aromatic heterocycles. The lowest BCUT2D eigenvalue weighted by Gasteiger charge is -2.14. The van der Waals surface area contributed by atoms with Gasteiger partial charge >= 0.3 is 5.97 Å². The summed E-state index contributed by atoms with van der Waals surface area (Å²) in [5.41, 5.74) is 0.822. The number of rotatable bonds is 8. The average molecular weight is 319 g/mol. The van der Waals surface area contributed by atoms with Crippen molar-refractivity contribution < 1.29 is 24.0 Å². The normalized spacial score (nSPS) is 11.9. The van der Waals surface area contributed by atoms with Gasteiger partial charge in [0, 0.05) is 6.42 Å². The van der Waals surface area contributed by atoms with Gasteiger partial charge in [0.25, 0.3) is 5.89 Å². The maximum absolute atomic E-state index is 11.8. The van der Waals surface area contributed by atoms with Gasteiger partial charge in [0.1, 0.15) is 19.3 Å². The highest BCUT2D eigenvalue weighted by Crippen LogP contribution is 2.04. The molecule has 0 fully saturated rings. The first-order valence-electron chi connectivity index (χ1n) is 6.97. The highest BCUT2D eigenvalue weighted by atomic mass is 16.5. The summed E-state index contributed by atoms with van der Waals surface area (Å²) in [6, 6.07) is 8.05. The van der Waals surface area contributed by atoms with Crippen LogP contribution in [-0.2, 0) is 27.4 Å². The summed E-state index contributed by atoms with van der Waals surface area (Å²) < 4.78 is 9.96. The van der Waals surface area contributed by atoms with E-state index in [-0.39, 0.29) is 25.5 Å². The highest BCUT2D eigenvalue weighted by molar-refractivity contribution is 5.84. The summed E-state index contributed by atoms with van der Waals surface area (Å²) in [5.74, 6) is -0.893. The molecular weight excluding hydrogens is 302 g/mol. The van der Waals surface area contributed by atoms with Crippen LogP contribution in [0.4, 0.5) is 0 Å². The number of nitrogens with zero attached hydrogens (tertiary/aromatic N) is 2. The maximum Gasteiger partial charge on any atom is 0.326 e. The van der Waals surface area contributed by atoms with E-state index >= 15 is 0 Å². The molecule has 0 saturated heterocycles. The zero-order valence-corrected chi connectivity index (χ0v) is 12.6. The molecule has 2 N–H and O–H groups in total. The van der Waals surface area contributed by atoms with Gasteiger partial charge in [-0.25, -0.2) is 4.79 Å². The van der Waals surface area contributed by atoms with Gasteiger partial charge in [-0.2, -0.15) is 4.98 Å². The van der Waals surface area contributed by atoms with Gasteiger partial charge in [0.15, 0.2) is 5.82 Å². The Morgan fingerprint density at radius 1 is 1.35 bits per heavy atom. The number of aromatic nitrogens is 2. The number of carbonyl (C=O) groups is 2. The van der Waals surface area contributed by atoms with Crippen LogP contribution in [0.3, 0.4) is 0 Å². The number of aliphatic carboxylic acids is 1. The molecule has 0 spiro atoms. The molecule has 0 aliphatic carbocycles. The van der Waals surface area contributed by atoms with Gasteiger partial charge in [0.05, 0.1) is 0 Å². The van der Waals surface area contributed by atoms with Crippen molar-refractivity contribution in [1.29, 1.82) is 0 Å². The van der Waals surface area contributed by atoms with E-state index in [1.807, 2.05) is 18.2 Å². The molecule has 1 atom stereocenters. The van der Waals surface area contributed by atoms with Crippen LogP contribution >= 0.6 is 0 Å². The molecule has 0 bridgehead atoms. The third-order valence-electron chi connectivity index (χ3n) is 2.94. The Morgan fingerprint density at radius 3 is 2.70 bits per heavy atom. The molecule has 2 rings (SSSR count). The predicted molar refractivity (Wildman–Crippen MR) is 78.4 cm³/mol. The molecule has 122 valence electrons. The fraction of sp³-hybridized carbons (Fsp3) is 0.333. The Hall–Kier alpha value is -2.74. The van der Waals surface area contributed by atoms with Crippen molar-refractivity contribution in [2.45, 2.75) is 26.0 Å². The third kappa shape index (κ3) is 5.51. The second-order valence-corrected chi connectivity index (χ2v) is 4.88. The summed E-state index contributed by atoms with van der Waals surface area (Å²) in [5, 5.41) is 15.2. The zero-order valence-electron chi connectivity index (χ0n) is 12.6. The fourth-order valence-corrected chi connectivity index (χ4v) is 1.92. The largest absolute Gasteiger partial charge is 0.480 e. The molecule has 8 heteroatoms. The number of carbonyl (C=O) groups excluding carboxylic acids is 1. The molecule has 2 aromatic rings. The monoisotopic (exact) mass is 319 g/mol. The number of hydrogen-bond donors (Lipinski definition) is 2. The molecule has 1 amide bonds. The van der Waals surface area contributed by atoms with Gasteiger partial charge in [-0.05, 0) is 12.5 Å². The first kappa shape index (κ1) is 16.6. The molecule has 8 nitrogen and oxygen atoms in total. The smallest absolute Gasteiger partial charge is 0.326 e. The number of nitrogens with one attached hydrogen (secondary N) is 1. The van der Waals surface area contributed by atoms with Gasteiger partial charge in [-0.1, -0.05) is 35.5 Å². The van der Waals surface area contributed by atoms with E-state index in [0.29, 0.717) is 5.82 Å². The first-order chi connectivity index (χ1) is 11.0. The van der Waals surface area contributed by atoms with E-state index in [4.69, 9.17) is 9.26 Å². The number of benzene rings is 1. The van der Waals surface area contributed by atoms with Crippen molar-refractivity contribution in [2.75, 3.05) is 6.61 Å². The molecule has 0 radical (unpaired) electrons. The predicted octanol–water partition coefficient (Wildman–Crippen LogP) is 0.707. The lowest BCUT2D eigenvalue weighted by atomic mass is 10.1. The summed E-state index contributed by atoms with van der Waals surface area (Å²) in [6.07, 6.45) is 0.199. The van der Waals surface area contributed by atoms with Crippen LogP contribution in [0.15, 0.2) is 34.9 Å². The van der Waals surface area contributed by atoms with Crippen molar-refractivity contribution in [3.63, 3.8) is 0 Å². The number of ether oxygens (including phenoxy) is 1. The van der Waals surface area contributed by atoms with Crippen molar-refractivity contribution in [3.8, 4) is 0 Å². The topological polar surface area (TPSA) is 115 Å². The molecule has 0 aliphatic heterocycles. The molecule has 0 unspecified atom stereocenters. The van der Waals surface area contributed by atoms with Gasteiger partial charge in [-0.15, -0.1) is 0 Å². The Morgan fingerprint density at radius 2 is 2.09 bits per heavy atom. The molecular formula is C15H17N3O5. The van der Waals surface area contributed by atoms with Crippen LogP contribution in [0, 0.1) is 6.92 Å². The van der Waals surface area contributed by atoms with E-state index in [1.165, 1.54) is 0 Å². The lowest BCUT2D eigenvalue weighted by Crippen LogP contribution is -2.43. The third-order valence-corrected chi connectivity index (χ3v) is 2.94. The second kappa shape index (κ2) is 8.04. The second-order valence-electron chi connectivity index (χ2n) is 4.88. The van der Waals surface area contributed by atoms with E-state index < -0.39 is 17.9 Å². The minimum atomic E-state index is -1.10. The minimum Gasteiger partial charge on any atom is -0.480 e. The fourth-order valence-electron chi connectivity index (χ4n) is 1.92. The van der Waals surface area contributed by atoms with Crippen molar-refractivity contribution in [2.24, 2.45) is 0 Å². The Bertz CT molecular complexity index is 656. The molecule has 0 saturated carbocycles. The van der Waals surface area contributed by atoms with Gasteiger partial charge in [-0.3, -0.25) is 4.79 Å². The average Bonchev–Trinajstić information content (AvgIpc) is 2.93. The quantitative estimate of drug-likeness (QED) is 0.736. The Kier molecular flexibility index (Phi) is 5.81. The lowest BCUT2D eigenvalue weighted by molar-refractivity contribution is -0.142. The van der Waals surface area contributed by atoms with Crippen LogP contribution in [0.5, 0.6) is 0 Å². The SMILES string of the molecule is Cc1noc(COCC(=O)N[C@@H](Cc2ccccc2)C(=O)O)n1. The van der Waals surface area contributed by atoms with Crippen LogP contribution in [0.25, 0.3) is 0 Å². The van der Waals surface area contributed by atoms with E-state index in [9.17, 15) is 14.7 Å². The minimum absolute atomic E-state index is 0.00924. The summed E-state index contributed by atoms with van der Waals surface area (Å²) in [4.78, 5) is 26.9. The van der Waals surface area contributed by atoms with E-state index in [1.54, 1.807) is 19.1 Å². The van der Waals surface area contributed by atoms with Crippen molar-refractivity contribution >= 4 is 11.9 Å². The molecule has 1 heterocycles. The summed E-state index contributed by atoms with van der Waals surface area (Å²) in [7, 11) is 0. The van der Waals surface area contributed by atoms with Crippen LogP contribution in [0.1, 0.15) is 17.3 Å². The molecule has 0 aliphatic rings. The van der Waals surface area contributed by atoms with Gasteiger partial charge < -0.3 is 19.7 Å². The maximum atomic E-state index is 11.8. The van der Waals surface area contributed by atoms with Crippen LogP contribution in [-0.4, -0.2) is 39.8 Å². The van der Waals surface area contributed by atoms with E-state index in [2.05, 4.69) is 15.5 Å². The number of carboxylic acids is 1. The highest BCUT2D eigenvalue weighted by Gasteiger charge is 2.20. The summed E-state index contributed by atoms with van der Waals surface area (Å²) >= 11 is 0.